The smallest absolute Gasteiger partial charge is 0.304 e. The Balaban J connectivity index is 1.11. The molecule has 3 heterocycles. The largest absolute Gasteiger partial charge is 0.416 e. The number of alkyl halides is 3. The van der Waals surface area contributed by atoms with Crippen LogP contribution in [0.4, 0.5) is 17.6 Å². The number of hydrogen-bond acceptors (Lipinski definition) is 6. The maximum atomic E-state index is 14.4. The van der Waals surface area contributed by atoms with E-state index in [1.165, 1.54) is 12.4 Å². The first-order chi connectivity index (χ1) is 16.3. The fourth-order valence-electron chi connectivity index (χ4n) is 4.94. The molecule has 11 heteroatoms. The quantitative estimate of drug-likeness (QED) is 0.269. The summed E-state index contributed by atoms with van der Waals surface area (Å²) in [6.45, 7) is 2.73. The average Bonchev–Trinajstić information content (AvgIpc) is 3.14. The minimum Gasteiger partial charge on any atom is -0.304 e. The fourth-order valence-corrected chi connectivity index (χ4v) is 5.77. The van der Waals surface area contributed by atoms with E-state index in [4.69, 9.17) is 0 Å². The molecule has 2 aromatic heterocycles. The van der Waals surface area contributed by atoms with Gasteiger partial charge < -0.3 is 9.47 Å². The van der Waals surface area contributed by atoms with Crippen molar-refractivity contribution in [1.82, 2.24) is 29.6 Å². The van der Waals surface area contributed by atoms with Crippen molar-refractivity contribution in [2.75, 3.05) is 25.4 Å². The van der Waals surface area contributed by atoms with E-state index in [-0.39, 0.29) is 11.3 Å². The van der Waals surface area contributed by atoms with Crippen LogP contribution in [0, 0.1) is 11.2 Å². The molecule has 5 rings (SSSR count). The summed E-state index contributed by atoms with van der Waals surface area (Å²) in [5.41, 5.74) is 0.222. The Labute approximate surface area is 198 Å². The minimum atomic E-state index is -4.52. The molecule has 1 spiro atoms. The van der Waals surface area contributed by atoms with E-state index in [1.807, 2.05) is 11.6 Å². The highest BCUT2D eigenvalue weighted by atomic mass is 32.2. The zero-order valence-corrected chi connectivity index (χ0v) is 19.4. The van der Waals surface area contributed by atoms with Gasteiger partial charge in [-0.1, -0.05) is 17.8 Å². The molecule has 3 aromatic rings. The molecule has 0 bridgehead atoms. The Kier molecular flexibility index (Phi) is 6.09. The Morgan fingerprint density at radius 3 is 2.79 bits per heavy atom. The SMILES string of the molecule is Cn1c(SCCCN2CC[C@@]3(CC3c3ccc(C(F)(F)F)cc3F)C2)nnc1-c1ccncn1. The van der Waals surface area contributed by atoms with Gasteiger partial charge in [0.2, 0.25) is 0 Å². The molecule has 0 radical (unpaired) electrons. The van der Waals surface area contributed by atoms with Gasteiger partial charge in [0, 0.05) is 25.5 Å². The number of hydrogen-bond donors (Lipinski definition) is 0. The molecule has 1 saturated heterocycles. The Hall–Kier alpha value is -2.53. The molecule has 180 valence electrons. The molecule has 0 N–H and O–H groups in total. The van der Waals surface area contributed by atoms with Crippen LogP contribution in [-0.2, 0) is 13.2 Å². The van der Waals surface area contributed by atoms with Crippen LogP contribution in [-0.4, -0.2) is 55.0 Å². The maximum absolute atomic E-state index is 14.4. The van der Waals surface area contributed by atoms with E-state index in [2.05, 4.69) is 25.1 Å². The highest BCUT2D eigenvalue weighted by molar-refractivity contribution is 7.99. The Morgan fingerprint density at radius 1 is 1.21 bits per heavy atom. The number of thioether (sulfide) groups is 1. The van der Waals surface area contributed by atoms with Crippen LogP contribution in [0.2, 0.25) is 0 Å². The van der Waals surface area contributed by atoms with Gasteiger partial charge in [0.25, 0.3) is 0 Å². The summed E-state index contributed by atoms with van der Waals surface area (Å²) in [4.78, 5) is 10.5. The molecule has 0 amide bonds. The number of aromatic nitrogens is 5. The summed E-state index contributed by atoms with van der Waals surface area (Å²) in [7, 11) is 1.91. The summed E-state index contributed by atoms with van der Waals surface area (Å²) in [5.74, 6) is 0.849. The minimum absolute atomic E-state index is 0.00374. The fraction of sp³-hybridized carbons (Fsp3) is 0.478. The summed E-state index contributed by atoms with van der Waals surface area (Å²) >= 11 is 1.64. The lowest BCUT2D eigenvalue weighted by atomic mass is 9.97. The predicted octanol–water partition coefficient (Wildman–Crippen LogP) is 4.79. The molecule has 2 aliphatic rings. The molecular formula is C23H24F4N6S. The van der Waals surface area contributed by atoms with Crippen molar-refractivity contribution in [2.24, 2.45) is 12.5 Å². The van der Waals surface area contributed by atoms with Crippen molar-refractivity contribution >= 4 is 11.8 Å². The number of halogens is 4. The second kappa shape index (κ2) is 8.92. The Bertz CT molecular complexity index is 1170. The Morgan fingerprint density at radius 2 is 2.06 bits per heavy atom. The van der Waals surface area contributed by atoms with Crippen molar-refractivity contribution in [3.05, 3.63) is 53.7 Å². The third-order valence-corrected chi connectivity index (χ3v) is 7.96. The lowest BCUT2D eigenvalue weighted by Gasteiger charge is -2.16. The number of nitrogens with zero attached hydrogens (tertiary/aromatic N) is 6. The van der Waals surface area contributed by atoms with Crippen molar-refractivity contribution in [1.29, 1.82) is 0 Å². The average molecular weight is 493 g/mol. The van der Waals surface area contributed by atoms with Crippen molar-refractivity contribution < 1.29 is 17.6 Å². The zero-order valence-electron chi connectivity index (χ0n) is 18.6. The van der Waals surface area contributed by atoms with Crippen molar-refractivity contribution in [3.63, 3.8) is 0 Å². The number of rotatable bonds is 7. The lowest BCUT2D eigenvalue weighted by Crippen LogP contribution is -2.23. The molecule has 1 aromatic carbocycles. The second-order valence-corrected chi connectivity index (χ2v) is 10.1. The van der Waals surface area contributed by atoms with Crippen LogP contribution < -0.4 is 0 Å². The van der Waals surface area contributed by atoms with Gasteiger partial charge in [0.1, 0.15) is 17.8 Å². The first kappa shape index (κ1) is 23.2. The van der Waals surface area contributed by atoms with E-state index < -0.39 is 17.6 Å². The van der Waals surface area contributed by atoms with Gasteiger partial charge in [-0.05, 0) is 67.4 Å². The van der Waals surface area contributed by atoms with Gasteiger partial charge in [-0.15, -0.1) is 10.2 Å². The van der Waals surface area contributed by atoms with Crippen LogP contribution in [0.1, 0.15) is 36.3 Å². The van der Waals surface area contributed by atoms with Gasteiger partial charge in [0.05, 0.1) is 5.56 Å². The standard InChI is InChI=1S/C23H24F4N6S/c1-32-20(19-5-7-28-14-29-19)30-31-21(32)34-10-2-8-33-9-6-22(13-33)12-17(22)16-4-3-15(11-18(16)24)23(25,26)27/h3-5,7,11,14,17H,2,6,8-10,12-13H2,1H3/t17?,22-/m1/s1. The van der Waals surface area contributed by atoms with E-state index in [9.17, 15) is 17.6 Å². The normalized spacial score (nSPS) is 22.6. The molecular weight excluding hydrogens is 468 g/mol. The summed E-state index contributed by atoms with van der Waals surface area (Å²) < 4.78 is 54.8. The predicted molar refractivity (Wildman–Crippen MR) is 120 cm³/mol. The van der Waals surface area contributed by atoms with Crippen LogP contribution in [0.5, 0.6) is 0 Å². The van der Waals surface area contributed by atoms with E-state index in [1.54, 1.807) is 24.0 Å². The molecule has 1 aliphatic carbocycles. The van der Waals surface area contributed by atoms with E-state index in [0.717, 1.165) is 61.6 Å². The van der Waals surface area contributed by atoms with Crippen molar-refractivity contribution in [3.8, 4) is 11.5 Å². The zero-order chi connectivity index (χ0) is 23.9. The highest BCUT2D eigenvalue weighted by Gasteiger charge is 2.58. The monoisotopic (exact) mass is 492 g/mol. The molecule has 2 atom stereocenters. The van der Waals surface area contributed by atoms with Crippen LogP contribution in [0.3, 0.4) is 0 Å². The van der Waals surface area contributed by atoms with Gasteiger partial charge in [-0.2, -0.15) is 13.2 Å². The topological polar surface area (TPSA) is 59.7 Å². The highest BCUT2D eigenvalue weighted by Crippen LogP contribution is 2.64. The second-order valence-electron chi connectivity index (χ2n) is 9.04. The van der Waals surface area contributed by atoms with Gasteiger partial charge in [-0.3, -0.25) is 0 Å². The first-order valence-electron chi connectivity index (χ1n) is 11.1. The summed E-state index contributed by atoms with van der Waals surface area (Å²) in [6, 6.07) is 4.75. The van der Waals surface area contributed by atoms with Gasteiger partial charge in [-0.25, -0.2) is 14.4 Å². The van der Waals surface area contributed by atoms with Crippen LogP contribution in [0.25, 0.3) is 11.5 Å². The molecule has 1 aliphatic heterocycles. The summed E-state index contributed by atoms with van der Waals surface area (Å²) in [5, 5.41) is 9.32. The molecule has 1 saturated carbocycles. The molecule has 34 heavy (non-hydrogen) atoms. The third-order valence-electron chi connectivity index (χ3n) is 6.85. The van der Waals surface area contributed by atoms with Gasteiger partial charge >= 0.3 is 6.18 Å². The van der Waals surface area contributed by atoms with E-state index >= 15 is 0 Å². The molecule has 6 nitrogen and oxygen atoms in total. The number of benzene rings is 1. The van der Waals surface area contributed by atoms with E-state index in [0.29, 0.717) is 17.5 Å². The maximum Gasteiger partial charge on any atom is 0.416 e. The third kappa shape index (κ3) is 4.55. The first-order valence-corrected chi connectivity index (χ1v) is 12.1. The summed E-state index contributed by atoms with van der Waals surface area (Å²) in [6.07, 6.45) is 1.39. The lowest BCUT2D eigenvalue weighted by molar-refractivity contribution is -0.137. The number of likely N-dealkylation sites (tertiary alicyclic amines) is 1. The molecule has 1 unspecified atom stereocenters. The van der Waals surface area contributed by atoms with Crippen molar-refractivity contribution in [2.45, 2.75) is 36.5 Å². The van der Waals surface area contributed by atoms with Gasteiger partial charge in [0.15, 0.2) is 11.0 Å². The van der Waals surface area contributed by atoms with Crippen LogP contribution >= 0.6 is 11.8 Å². The molecule has 2 fully saturated rings. The van der Waals surface area contributed by atoms with Crippen LogP contribution in [0.15, 0.2) is 41.9 Å².